The molecule has 306 valence electrons. The van der Waals surface area contributed by atoms with Crippen LogP contribution in [0.5, 0.6) is 0 Å². The molecule has 0 atom stereocenters. The first-order chi connectivity index (χ1) is 32.7. The van der Waals surface area contributed by atoms with E-state index in [1.54, 1.807) is 0 Å². The smallest absolute Gasteiger partial charge is 0.160 e. The monoisotopic (exact) mass is 839 g/mol. The van der Waals surface area contributed by atoms with E-state index in [1.807, 2.05) is 24.3 Å². The molecule has 3 aromatic heterocycles. The van der Waals surface area contributed by atoms with E-state index < -0.39 is 0 Å². The van der Waals surface area contributed by atoms with Crippen molar-refractivity contribution in [1.82, 2.24) is 19.1 Å². The Kier molecular flexibility index (Phi) is 8.52. The maximum Gasteiger partial charge on any atom is 0.160 e. The number of hydrogen-bond acceptors (Lipinski definition) is 3. The molecule has 0 saturated heterocycles. The van der Waals surface area contributed by atoms with Gasteiger partial charge in [-0.3, -0.25) is 0 Å². The average molecular weight is 840 g/mol. The zero-order valence-corrected chi connectivity index (χ0v) is 35.6. The first kappa shape index (κ1) is 37.4. The van der Waals surface area contributed by atoms with Crippen molar-refractivity contribution in [1.29, 1.82) is 5.26 Å². The number of hydrogen-bond donors (Lipinski definition) is 0. The Labute approximate surface area is 380 Å². The molecule has 0 N–H and O–H groups in total. The minimum absolute atomic E-state index is 0.630. The maximum atomic E-state index is 9.62. The molecule has 0 bridgehead atoms. The van der Waals surface area contributed by atoms with E-state index in [4.69, 9.17) is 9.97 Å². The van der Waals surface area contributed by atoms with E-state index in [2.05, 4.69) is 215 Å². The van der Waals surface area contributed by atoms with Gasteiger partial charge >= 0.3 is 0 Å². The normalized spacial score (nSPS) is 11.6. The predicted octanol–water partition coefficient (Wildman–Crippen LogP) is 15.5. The highest BCUT2D eigenvalue weighted by atomic mass is 15.0. The van der Waals surface area contributed by atoms with Gasteiger partial charge in [0.1, 0.15) is 0 Å². The van der Waals surface area contributed by atoms with Gasteiger partial charge in [-0.1, -0.05) is 133 Å². The first-order valence-electron chi connectivity index (χ1n) is 22.2. The predicted molar refractivity (Wildman–Crippen MR) is 272 cm³/mol. The summed E-state index contributed by atoms with van der Waals surface area (Å²) in [5, 5.41) is 17.7. The molecule has 5 heteroatoms. The third-order valence-corrected chi connectivity index (χ3v) is 13.1. The van der Waals surface area contributed by atoms with E-state index >= 15 is 0 Å². The molecule has 0 saturated carbocycles. The summed E-state index contributed by atoms with van der Waals surface area (Å²) < 4.78 is 4.74. The van der Waals surface area contributed by atoms with Gasteiger partial charge in [-0.05, 0) is 119 Å². The van der Waals surface area contributed by atoms with Gasteiger partial charge in [-0.15, -0.1) is 0 Å². The summed E-state index contributed by atoms with van der Waals surface area (Å²) in [7, 11) is 0. The van der Waals surface area contributed by atoms with Crippen LogP contribution in [0.4, 0.5) is 0 Å². The molecule has 0 aliphatic carbocycles. The Balaban J connectivity index is 0.939. The Bertz CT molecular complexity index is 4110. The fourth-order valence-electron chi connectivity index (χ4n) is 10.0. The highest BCUT2D eigenvalue weighted by Gasteiger charge is 2.18. The number of nitrogens with zero attached hydrogens (tertiary/aromatic N) is 5. The molecule has 0 fully saturated rings. The number of fused-ring (bicyclic) bond motifs is 9. The Morgan fingerprint density at radius 1 is 0.333 bits per heavy atom. The van der Waals surface area contributed by atoms with Crippen LogP contribution in [0.15, 0.2) is 224 Å². The second-order valence-corrected chi connectivity index (χ2v) is 16.9. The molecule has 0 aliphatic rings. The second kappa shape index (κ2) is 15.0. The molecule has 66 heavy (non-hydrogen) atoms. The van der Waals surface area contributed by atoms with Gasteiger partial charge in [0.25, 0.3) is 0 Å². The van der Waals surface area contributed by atoms with Crippen molar-refractivity contribution in [3.8, 4) is 62.3 Å². The van der Waals surface area contributed by atoms with Crippen LogP contribution in [0.25, 0.3) is 122 Å². The minimum Gasteiger partial charge on any atom is -0.309 e. The molecule has 3 heterocycles. The number of aromatic nitrogens is 4. The van der Waals surface area contributed by atoms with Crippen LogP contribution >= 0.6 is 0 Å². The Hall–Kier alpha value is -9.11. The van der Waals surface area contributed by atoms with E-state index in [0.29, 0.717) is 11.4 Å². The van der Waals surface area contributed by atoms with E-state index in [0.717, 1.165) is 77.6 Å². The number of benzene rings is 10. The van der Waals surface area contributed by atoms with Crippen LogP contribution < -0.4 is 0 Å². The van der Waals surface area contributed by atoms with Crippen molar-refractivity contribution in [2.45, 2.75) is 0 Å². The van der Waals surface area contributed by atoms with Crippen molar-refractivity contribution >= 4 is 65.3 Å². The standard InChI is InChI=1S/C61H37N5/c62-38-39-12-10-14-42(34-39)43-15-11-16-46(35-43)59-53-32-26-40-13-4-5-19-49(40)60(53)64-61(63-59)41-24-29-48(30-25-41)66-55-22-8-6-20-50(55)52-31-27-45(37-58(52)66)44-28-33-57-54(36-44)51-21-7-9-23-56(51)65(57)47-17-2-1-3-18-47/h1-37H. The molecule has 0 spiro atoms. The number of nitriles is 1. The quantitative estimate of drug-likeness (QED) is 0.157. The summed E-state index contributed by atoms with van der Waals surface area (Å²) in [6, 6.07) is 81.6. The molecule has 0 unspecified atom stereocenters. The molecular weight excluding hydrogens is 803 g/mol. The van der Waals surface area contributed by atoms with Gasteiger partial charge in [0.2, 0.25) is 0 Å². The van der Waals surface area contributed by atoms with Gasteiger partial charge < -0.3 is 9.13 Å². The molecule has 0 aliphatic heterocycles. The summed E-state index contributed by atoms with van der Waals surface area (Å²) in [5.74, 6) is 0.658. The minimum atomic E-state index is 0.630. The van der Waals surface area contributed by atoms with Crippen molar-refractivity contribution in [2.75, 3.05) is 0 Å². The van der Waals surface area contributed by atoms with Crippen LogP contribution in [-0.2, 0) is 0 Å². The van der Waals surface area contributed by atoms with Crippen LogP contribution in [0.2, 0.25) is 0 Å². The summed E-state index contributed by atoms with van der Waals surface area (Å²) >= 11 is 0. The van der Waals surface area contributed by atoms with Crippen molar-refractivity contribution < 1.29 is 0 Å². The van der Waals surface area contributed by atoms with Gasteiger partial charge in [-0.25, -0.2) is 9.97 Å². The molecule has 13 aromatic rings. The first-order valence-corrected chi connectivity index (χ1v) is 22.2. The van der Waals surface area contributed by atoms with E-state index in [9.17, 15) is 5.26 Å². The molecule has 10 aromatic carbocycles. The SMILES string of the molecule is N#Cc1cccc(-c2cccc(-c3nc(-c4ccc(-n5c6ccccc6c6ccc(-c7ccc8c(c7)c7ccccc7n8-c7ccccc7)cc65)cc4)nc4c3ccc3ccccc34)c2)c1. The lowest BCUT2D eigenvalue weighted by atomic mass is 9.97. The van der Waals surface area contributed by atoms with Crippen LogP contribution in [0.3, 0.4) is 0 Å². The van der Waals surface area contributed by atoms with Crippen LogP contribution in [-0.4, -0.2) is 19.1 Å². The molecule has 0 amide bonds. The summed E-state index contributed by atoms with van der Waals surface area (Å²) in [5.41, 5.74) is 15.5. The van der Waals surface area contributed by atoms with Crippen LogP contribution in [0, 0.1) is 11.3 Å². The van der Waals surface area contributed by atoms with Gasteiger partial charge in [0, 0.05) is 54.8 Å². The molecule has 0 radical (unpaired) electrons. The van der Waals surface area contributed by atoms with Crippen molar-refractivity contribution in [3.63, 3.8) is 0 Å². The average Bonchev–Trinajstić information content (AvgIpc) is 3.91. The summed E-state index contributed by atoms with van der Waals surface area (Å²) in [4.78, 5) is 10.6. The van der Waals surface area contributed by atoms with Gasteiger partial charge in [0.15, 0.2) is 5.82 Å². The highest BCUT2D eigenvalue weighted by molar-refractivity contribution is 6.13. The third-order valence-electron chi connectivity index (χ3n) is 13.1. The summed E-state index contributed by atoms with van der Waals surface area (Å²) in [6.07, 6.45) is 0. The second-order valence-electron chi connectivity index (χ2n) is 16.9. The van der Waals surface area contributed by atoms with E-state index in [1.165, 1.54) is 38.1 Å². The number of rotatable bonds is 6. The Morgan fingerprint density at radius 3 is 1.70 bits per heavy atom. The van der Waals surface area contributed by atoms with Crippen molar-refractivity contribution in [3.05, 3.63) is 230 Å². The highest BCUT2D eigenvalue weighted by Crippen LogP contribution is 2.40. The molecular formula is C61H37N5. The lowest BCUT2D eigenvalue weighted by Crippen LogP contribution is -1.98. The lowest BCUT2D eigenvalue weighted by Gasteiger charge is -2.13. The van der Waals surface area contributed by atoms with Gasteiger partial charge in [0.05, 0.1) is 44.9 Å². The largest absolute Gasteiger partial charge is 0.309 e. The molecule has 5 nitrogen and oxygen atoms in total. The number of para-hydroxylation sites is 3. The zero-order valence-electron chi connectivity index (χ0n) is 35.6. The lowest BCUT2D eigenvalue weighted by molar-refractivity contribution is 1.17. The zero-order chi connectivity index (χ0) is 43.7. The fourth-order valence-corrected chi connectivity index (χ4v) is 10.0. The molecule has 13 rings (SSSR count). The van der Waals surface area contributed by atoms with E-state index in [-0.39, 0.29) is 0 Å². The topological polar surface area (TPSA) is 59.4 Å². The van der Waals surface area contributed by atoms with Crippen LogP contribution in [0.1, 0.15) is 5.56 Å². The fraction of sp³-hybridized carbons (Fsp3) is 0. The van der Waals surface area contributed by atoms with Crippen molar-refractivity contribution in [2.24, 2.45) is 0 Å². The third kappa shape index (κ3) is 6.01. The summed E-state index contributed by atoms with van der Waals surface area (Å²) in [6.45, 7) is 0. The Morgan fingerprint density at radius 2 is 0.894 bits per heavy atom. The maximum absolute atomic E-state index is 9.62. The van der Waals surface area contributed by atoms with Gasteiger partial charge in [-0.2, -0.15) is 5.26 Å².